The first kappa shape index (κ1) is 16.0. The van der Waals surface area contributed by atoms with Crippen LogP contribution in [0.1, 0.15) is 19.8 Å². The van der Waals surface area contributed by atoms with Gasteiger partial charge >= 0.3 is 0 Å². The molecule has 3 rings (SSSR count). The second-order valence-electron chi connectivity index (χ2n) is 6.20. The summed E-state index contributed by atoms with van der Waals surface area (Å²) in [5.41, 5.74) is 1.31. The van der Waals surface area contributed by atoms with Crippen molar-refractivity contribution in [2.75, 3.05) is 37.4 Å². The highest BCUT2D eigenvalue weighted by atomic mass is 32.1. The highest BCUT2D eigenvalue weighted by Gasteiger charge is 2.23. The third-order valence-corrected chi connectivity index (χ3v) is 5.31. The van der Waals surface area contributed by atoms with Gasteiger partial charge in [-0.05, 0) is 33.0 Å². The summed E-state index contributed by atoms with van der Waals surface area (Å²) in [4.78, 5) is 20.6. The molecule has 0 saturated carbocycles. The van der Waals surface area contributed by atoms with Crippen LogP contribution >= 0.6 is 11.3 Å². The molecule has 2 heterocycles. The van der Waals surface area contributed by atoms with Crippen LogP contribution in [0, 0.1) is 0 Å². The van der Waals surface area contributed by atoms with E-state index in [1.807, 2.05) is 0 Å². The maximum absolute atomic E-state index is 11.3. The lowest BCUT2D eigenvalue weighted by molar-refractivity contribution is -0.114. The number of aromatic nitrogens is 1. The minimum absolute atomic E-state index is 0.141. The number of thiazole rings is 1. The summed E-state index contributed by atoms with van der Waals surface area (Å²) in [5, 5.41) is 13.5. The number of piperidine rings is 1. The van der Waals surface area contributed by atoms with Crippen LogP contribution in [0.25, 0.3) is 10.2 Å². The molecule has 23 heavy (non-hydrogen) atoms. The number of carbonyl (C=O) groups excluding carboxylic acids is 1. The van der Waals surface area contributed by atoms with Gasteiger partial charge in [0.05, 0.1) is 10.4 Å². The molecule has 1 aromatic heterocycles. The van der Waals surface area contributed by atoms with Crippen molar-refractivity contribution in [3.8, 4) is 5.75 Å². The third kappa shape index (κ3) is 3.40. The van der Waals surface area contributed by atoms with Crippen LogP contribution in [0.15, 0.2) is 12.1 Å². The molecule has 6 nitrogen and oxygen atoms in total. The number of phenolic OH excluding ortho intramolecular Hbond substituents is 1. The first-order chi connectivity index (χ1) is 10.9. The first-order valence-electron chi connectivity index (χ1n) is 7.76. The summed E-state index contributed by atoms with van der Waals surface area (Å²) in [5.74, 6) is -0.0268. The maximum atomic E-state index is 11.3. The molecule has 0 atom stereocenters. The summed E-state index contributed by atoms with van der Waals surface area (Å²) < 4.78 is 0.887. The van der Waals surface area contributed by atoms with Crippen molar-refractivity contribution in [3.63, 3.8) is 0 Å². The minimum atomic E-state index is -0.168. The van der Waals surface area contributed by atoms with Crippen LogP contribution in [0.4, 0.5) is 10.8 Å². The van der Waals surface area contributed by atoms with Crippen molar-refractivity contribution in [2.45, 2.75) is 25.8 Å². The molecular weight excluding hydrogens is 312 g/mol. The van der Waals surface area contributed by atoms with Gasteiger partial charge in [-0.3, -0.25) is 4.79 Å². The summed E-state index contributed by atoms with van der Waals surface area (Å²) in [6, 6.07) is 3.87. The molecule has 0 spiro atoms. The number of aromatic hydroxyl groups is 1. The van der Waals surface area contributed by atoms with Gasteiger partial charge in [0.25, 0.3) is 0 Å². The third-order valence-electron chi connectivity index (χ3n) is 4.24. The molecule has 0 unspecified atom stereocenters. The Balaban J connectivity index is 1.87. The number of anilines is 2. The van der Waals surface area contributed by atoms with Crippen LogP contribution in [0.2, 0.25) is 0 Å². The molecule has 2 aromatic rings. The molecule has 1 saturated heterocycles. The van der Waals surface area contributed by atoms with E-state index < -0.39 is 0 Å². The Morgan fingerprint density at radius 3 is 2.70 bits per heavy atom. The van der Waals surface area contributed by atoms with Crippen molar-refractivity contribution in [2.24, 2.45) is 0 Å². The molecule has 0 bridgehead atoms. The Kier molecular flexibility index (Phi) is 4.41. The van der Waals surface area contributed by atoms with Gasteiger partial charge in [0.1, 0.15) is 11.3 Å². The second kappa shape index (κ2) is 6.33. The van der Waals surface area contributed by atoms with E-state index in [0.29, 0.717) is 11.7 Å². The molecule has 1 aliphatic heterocycles. The van der Waals surface area contributed by atoms with Crippen LogP contribution in [-0.2, 0) is 4.79 Å². The Labute approximate surface area is 139 Å². The Morgan fingerprint density at radius 2 is 2.09 bits per heavy atom. The van der Waals surface area contributed by atoms with E-state index in [0.717, 1.165) is 41.3 Å². The summed E-state index contributed by atoms with van der Waals surface area (Å²) in [6.45, 7) is 3.41. The lowest BCUT2D eigenvalue weighted by Gasteiger charge is -2.34. The molecule has 124 valence electrons. The number of rotatable bonds is 3. The van der Waals surface area contributed by atoms with E-state index in [9.17, 15) is 9.90 Å². The number of benzene rings is 1. The standard InChI is InChI=1S/C16H22N4O2S/c1-10(21)17-13-8-12(22)9-14-15(13)18-16(23-14)20-6-4-11(5-7-20)19(2)3/h8-9,11,22H,4-7H2,1-3H3,(H,17,21). The first-order valence-corrected chi connectivity index (χ1v) is 8.58. The van der Waals surface area contributed by atoms with E-state index in [-0.39, 0.29) is 11.7 Å². The number of hydrogen-bond acceptors (Lipinski definition) is 6. The predicted molar refractivity (Wildman–Crippen MR) is 94.5 cm³/mol. The van der Waals surface area contributed by atoms with E-state index >= 15 is 0 Å². The number of fused-ring (bicyclic) bond motifs is 1. The zero-order valence-corrected chi connectivity index (χ0v) is 14.5. The largest absolute Gasteiger partial charge is 0.508 e. The second-order valence-corrected chi connectivity index (χ2v) is 7.21. The Morgan fingerprint density at radius 1 is 1.39 bits per heavy atom. The van der Waals surface area contributed by atoms with Crippen LogP contribution in [-0.4, -0.2) is 54.1 Å². The van der Waals surface area contributed by atoms with Gasteiger partial charge < -0.3 is 20.2 Å². The van der Waals surface area contributed by atoms with E-state index in [1.165, 1.54) is 6.92 Å². The Hall–Kier alpha value is -1.86. The predicted octanol–water partition coefficient (Wildman–Crippen LogP) is 2.49. The topological polar surface area (TPSA) is 68.7 Å². The number of hydrogen-bond donors (Lipinski definition) is 2. The number of nitrogens with one attached hydrogen (secondary N) is 1. The van der Waals surface area contributed by atoms with E-state index in [4.69, 9.17) is 4.98 Å². The van der Waals surface area contributed by atoms with Gasteiger partial charge in [0, 0.05) is 32.1 Å². The molecule has 7 heteroatoms. The van der Waals surface area contributed by atoms with Crippen LogP contribution in [0.3, 0.4) is 0 Å². The van der Waals surface area contributed by atoms with Crippen molar-refractivity contribution in [3.05, 3.63) is 12.1 Å². The fraction of sp³-hybridized carbons (Fsp3) is 0.500. The number of amides is 1. The average molecular weight is 334 g/mol. The zero-order valence-electron chi connectivity index (χ0n) is 13.7. The van der Waals surface area contributed by atoms with Gasteiger partial charge in [-0.1, -0.05) is 11.3 Å². The van der Waals surface area contributed by atoms with Crippen molar-refractivity contribution in [1.29, 1.82) is 0 Å². The van der Waals surface area contributed by atoms with Gasteiger partial charge in [-0.15, -0.1) is 0 Å². The van der Waals surface area contributed by atoms with Crippen LogP contribution in [0.5, 0.6) is 5.75 Å². The molecule has 1 aromatic carbocycles. The maximum Gasteiger partial charge on any atom is 0.221 e. The fourth-order valence-corrected chi connectivity index (χ4v) is 4.07. The quantitative estimate of drug-likeness (QED) is 0.902. The van der Waals surface area contributed by atoms with Crippen LogP contribution < -0.4 is 10.2 Å². The van der Waals surface area contributed by atoms with Gasteiger partial charge in [-0.25, -0.2) is 4.98 Å². The molecule has 2 N–H and O–H groups in total. The molecule has 0 radical (unpaired) electrons. The molecule has 1 fully saturated rings. The molecular formula is C16H22N4O2S. The van der Waals surface area contributed by atoms with Gasteiger partial charge in [0.15, 0.2) is 5.13 Å². The molecule has 0 aliphatic carbocycles. The summed E-state index contributed by atoms with van der Waals surface area (Å²) >= 11 is 1.56. The van der Waals surface area contributed by atoms with E-state index in [1.54, 1.807) is 23.5 Å². The average Bonchev–Trinajstić information content (AvgIpc) is 2.90. The lowest BCUT2D eigenvalue weighted by Crippen LogP contribution is -2.41. The van der Waals surface area contributed by atoms with Gasteiger partial charge in [-0.2, -0.15) is 0 Å². The fourth-order valence-electron chi connectivity index (χ4n) is 3.00. The van der Waals surface area contributed by atoms with Crippen molar-refractivity contribution in [1.82, 2.24) is 9.88 Å². The molecule has 1 amide bonds. The summed E-state index contributed by atoms with van der Waals surface area (Å²) in [6.07, 6.45) is 2.24. The number of carbonyl (C=O) groups is 1. The number of nitrogens with zero attached hydrogens (tertiary/aromatic N) is 3. The zero-order chi connectivity index (χ0) is 16.6. The monoisotopic (exact) mass is 334 g/mol. The SMILES string of the molecule is CC(=O)Nc1cc(O)cc2sc(N3CCC(N(C)C)CC3)nc12. The van der Waals surface area contributed by atoms with Crippen molar-refractivity contribution >= 4 is 38.3 Å². The smallest absolute Gasteiger partial charge is 0.221 e. The van der Waals surface area contributed by atoms with Gasteiger partial charge in [0.2, 0.25) is 5.91 Å². The normalized spacial score (nSPS) is 16.3. The van der Waals surface area contributed by atoms with E-state index in [2.05, 4.69) is 29.2 Å². The van der Waals surface area contributed by atoms with Crippen molar-refractivity contribution < 1.29 is 9.90 Å². The summed E-state index contributed by atoms with van der Waals surface area (Å²) in [7, 11) is 4.25. The number of phenols is 1. The molecule has 1 aliphatic rings. The Bertz CT molecular complexity index is 720. The highest BCUT2D eigenvalue weighted by Crippen LogP contribution is 2.37. The lowest BCUT2D eigenvalue weighted by atomic mass is 10.0. The minimum Gasteiger partial charge on any atom is -0.508 e. The highest BCUT2D eigenvalue weighted by molar-refractivity contribution is 7.22.